The number of pyridine rings is 3. The number of carbonyl (C=O) groups excluding carboxylic acids is 2. The first kappa shape index (κ1) is 32.0. The lowest BCUT2D eigenvalue weighted by Crippen LogP contribution is -2.35. The Labute approximate surface area is 266 Å². The molecule has 4 heterocycles. The zero-order valence-electron chi connectivity index (χ0n) is 25.2. The number of aliphatic hydroxyl groups excluding tert-OH is 1. The van der Waals surface area contributed by atoms with Gasteiger partial charge in [-0.1, -0.05) is 35.9 Å². The van der Waals surface area contributed by atoms with Crippen molar-refractivity contribution in [2.75, 3.05) is 32.1 Å². The summed E-state index contributed by atoms with van der Waals surface area (Å²) < 4.78 is 5.60. The van der Waals surface area contributed by atoms with Crippen LogP contribution in [0.3, 0.4) is 0 Å². The van der Waals surface area contributed by atoms with Crippen LogP contribution in [-0.2, 0) is 17.9 Å². The number of rotatable bonds is 13. The van der Waals surface area contributed by atoms with Gasteiger partial charge in [-0.25, -0.2) is 4.98 Å². The summed E-state index contributed by atoms with van der Waals surface area (Å²) in [6, 6.07) is 14.9. The predicted molar refractivity (Wildman–Crippen MR) is 173 cm³/mol. The molecule has 0 radical (unpaired) electrons. The normalized spacial score (nSPS) is 14.3. The average molecular weight is 630 g/mol. The van der Waals surface area contributed by atoms with Crippen LogP contribution in [0.15, 0.2) is 60.9 Å². The van der Waals surface area contributed by atoms with E-state index in [4.69, 9.17) is 26.4 Å². The molecule has 12 heteroatoms. The number of aromatic nitrogens is 3. The number of anilines is 1. The SMILES string of the molecule is COc1nc(-c2ccnc(-c3cccc(NC(=O)c4ccc(CNCCO)cn4)c3C)c2Cl)ccc1CNC[C@@H]1CCC(=O)N1. The molecule has 1 aliphatic heterocycles. The minimum Gasteiger partial charge on any atom is -0.481 e. The Morgan fingerprint density at radius 3 is 2.69 bits per heavy atom. The maximum absolute atomic E-state index is 13.0. The Balaban J connectivity index is 1.32. The first-order valence-corrected chi connectivity index (χ1v) is 15.1. The van der Waals surface area contributed by atoms with Crippen LogP contribution in [0.25, 0.3) is 22.5 Å². The van der Waals surface area contributed by atoms with Gasteiger partial charge < -0.3 is 31.1 Å². The second-order valence-corrected chi connectivity index (χ2v) is 11.1. The molecule has 5 N–H and O–H groups in total. The first-order valence-electron chi connectivity index (χ1n) is 14.7. The van der Waals surface area contributed by atoms with Crippen molar-refractivity contribution < 1.29 is 19.4 Å². The van der Waals surface area contributed by atoms with Gasteiger partial charge in [0.15, 0.2) is 0 Å². The van der Waals surface area contributed by atoms with E-state index < -0.39 is 0 Å². The summed E-state index contributed by atoms with van der Waals surface area (Å²) in [5.74, 6) is 0.236. The molecule has 1 aromatic carbocycles. The summed E-state index contributed by atoms with van der Waals surface area (Å²) in [7, 11) is 1.58. The Morgan fingerprint density at radius 2 is 1.96 bits per heavy atom. The van der Waals surface area contributed by atoms with Crippen LogP contribution < -0.4 is 26.0 Å². The topological polar surface area (TPSA) is 150 Å². The summed E-state index contributed by atoms with van der Waals surface area (Å²) in [5.41, 5.74) is 6.15. The number of nitrogens with zero attached hydrogens (tertiary/aromatic N) is 3. The third kappa shape index (κ3) is 7.81. The van der Waals surface area contributed by atoms with Gasteiger partial charge in [-0.2, -0.15) is 0 Å². The molecular weight excluding hydrogens is 594 g/mol. The first-order chi connectivity index (χ1) is 21.9. The molecule has 0 unspecified atom stereocenters. The Morgan fingerprint density at radius 1 is 1.09 bits per heavy atom. The zero-order chi connectivity index (χ0) is 31.8. The molecule has 1 saturated heterocycles. The molecule has 0 bridgehead atoms. The number of carbonyl (C=O) groups is 2. The molecule has 11 nitrogen and oxygen atoms in total. The molecule has 1 atom stereocenters. The highest BCUT2D eigenvalue weighted by Crippen LogP contribution is 2.38. The minimum absolute atomic E-state index is 0.0544. The number of hydrogen-bond donors (Lipinski definition) is 5. The van der Waals surface area contributed by atoms with Gasteiger partial charge in [0.05, 0.1) is 30.1 Å². The van der Waals surface area contributed by atoms with Crippen molar-refractivity contribution in [1.82, 2.24) is 30.9 Å². The summed E-state index contributed by atoms with van der Waals surface area (Å²) in [6.07, 6.45) is 4.72. The van der Waals surface area contributed by atoms with Gasteiger partial charge in [-0.05, 0) is 48.7 Å². The van der Waals surface area contributed by atoms with E-state index >= 15 is 0 Å². The fourth-order valence-electron chi connectivity index (χ4n) is 5.16. The van der Waals surface area contributed by atoms with Crippen LogP contribution in [0, 0.1) is 6.92 Å². The molecule has 5 rings (SSSR count). The number of ether oxygens (including phenoxy) is 1. The highest BCUT2D eigenvalue weighted by molar-refractivity contribution is 6.35. The summed E-state index contributed by atoms with van der Waals surface area (Å²) in [6.45, 7) is 4.20. The van der Waals surface area contributed by atoms with Crippen molar-refractivity contribution in [3.05, 3.63) is 88.3 Å². The molecule has 2 amide bonds. The van der Waals surface area contributed by atoms with Gasteiger partial charge in [-0.15, -0.1) is 0 Å². The molecule has 1 fully saturated rings. The maximum Gasteiger partial charge on any atom is 0.274 e. The van der Waals surface area contributed by atoms with Crippen molar-refractivity contribution >= 4 is 29.1 Å². The fraction of sp³-hybridized carbons (Fsp3) is 0.303. The number of hydrogen-bond acceptors (Lipinski definition) is 9. The number of amides is 2. The van der Waals surface area contributed by atoms with E-state index in [-0.39, 0.29) is 30.2 Å². The van der Waals surface area contributed by atoms with E-state index in [0.29, 0.717) is 66.1 Å². The molecule has 0 saturated carbocycles. The van der Waals surface area contributed by atoms with Gasteiger partial charge in [0.1, 0.15) is 5.69 Å². The number of methoxy groups -OCH3 is 1. The lowest BCUT2D eigenvalue weighted by Gasteiger charge is -2.16. The van der Waals surface area contributed by atoms with Gasteiger partial charge in [0.2, 0.25) is 11.8 Å². The van der Waals surface area contributed by atoms with Crippen LogP contribution in [0.4, 0.5) is 5.69 Å². The summed E-state index contributed by atoms with van der Waals surface area (Å²) in [4.78, 5) is 38.1. The van der Waals surface area contributed by atoms with Crippen LogP contribution >= 0.6 is 11.6 Å². The monoisotopic (exact) mass is 629 g/mol. The molecule has 45 heavy (non-hydrogen) atoms. The Kier molecular flexibility index (Phi) is 10.7. The quantitative estimate of drug-likeness (QED) is 0.139. The molecule has 1 aliphatic rings. The second kappa shape index (κ2) is 15.0. The highest BCUT2D eigenvalue weighted by Gasteiger charge is 2.21. The van der Waals surface area contributed by atoms with Gasteiger partial charge >= 0.3 is 0 Å². The van der Waals surface area contributed by atoms with Crippen molar-refractivity contribution in [3.63, 3.8) is 0 Å². The smallest absolute Gasteiger partial charge is 0.274 e. The number of aliphatic hydroxyl groups is 1. The molecule has 0 spiro atoms. The van der Waals surface area contributed by atoms with E-state index in [2.05, 4.69) is 31.2 Å². The van der Waals surface area contributed by atoms with E-state index in [1.165, 1.54) is 0 Å². The number of benzene rings is 1. The minimum atomic E-state index is -0.336. The predicted octanol–water partition coefficient (Wildman–Crippen LogP) is 3.88. The Bertz CT molecular complexity index is 1670. The lowest BCUT2D eigenvalue weighted by atomic mass is 10.0. The molecule has 3 aromatic heterocycles. The molecule has 234 valence electrons. The van der Waals surface area contributed by atoms with E-state index in [0.717, 1.165) is 28.7 Å². The molecule has 4 aromatic rings. The maximum atomic E-state index is 13.0. The average Bonchev–Trinajstić information content (AvgIpc) is 3.47. The highest BCUT2D eigenvalue weighted by atomic mass is 35.5. The van der Waals surface area contributed by atoms with Gasteiger partial charge in [-0.3, -0.25) is 19.6 Å². The van der Waals surface area contributed by atoms with Crippen molar-refractivity contribution in [2.24, 2.45) is 0 Å². The van der Waals surface area contributed by atoms with E-state index in [1.54, 1.807) is 25.6 Å². The third-order valence-corrected chi connectivity index (χ3v) is 7.98. The van der Waals surface area contributed by atoms with Gasteiger partial charge in [0.25, 0.3) is 5.91 Å². The standard InChI is InChI=1S/C33H36ClN7O4/c1-20-24(4-3-5-26(20)40-32(44)28-9-6-21(17-38-28)16-35-14-15-42)31-30(34)25(12-13-37-31)27-10-7-22(33(41-27)45-2)18-36-19-23-8-11-29(43)39-23/h3-7,9-10,12-13,17,23,35-36,42H,8,11,14-16,18-19H2,1-2H3,(H,39,43)(H,40,44)/t23-/m0/s1. The second-order valence-electron chi connectivity index (χ2n) is 10.7. The van der Waals surface area contributed by atoms with Crippen molar-refractivity contribution in [3.8, 4) is 28.4 Å². The largest absolute Gasteiger partial charge is 0.481 e. The van der Waals surface area contributed by atoms with Gasteiger partial charge in [0, 0.05) is 73.4 Å². The van der Waals surface area contributed by atoms with E-state index in [9.17, 15) is 9.59 Å². The third-order valence-electron chi connectivity index (χ3n) is 7.60. The molecular formula is C33H36ClN7O4. The number of halogens is 1. The number of nitrogens with one attached hydrogen (secondary N) is 4. The van der Waals surface area contributed by atoms with E-state index in [1.807, 2.05) is 49.4 Å². The van der Waals surface area contributed by atoms with Crippen molar-refractivity contribution in [2.45, 2.75) is 38.9 Å². The van der Waals surface area contributed by atoms with Crippen LogP contribution in [-0.4, -0.2) is 64.7 Å². The molecule has 0 aliphatic carbocycles. The lowest BCUT2D eigenvalue weighted by molar-refractivity contribution is -0.119. The fourth-order valence-corrected chi connectivity index (χ4v) is 5.47. The summed E-state index contributed by atoms with van der Waals surface area (Å²) in [5, 5.41) is 21.7. The zero-order valence-corrected chi connectivity index (χ0v) is 25.9. The van der Waals surface area contributed by atoms with Crippen LogP contribution in [0.2, 0.25) is 5.02 Å². The van der Waals surface area contributed by atoms with Crippen LogP contribution in [0.5, 0.6) is 5.88 Å². The Hall–Kier alpha value is -4.42. The van der Waals surface area contributed by atoms with Crippen LogP contribution in [0.1, 0.15) is 40.0 Å². The summed E-state index contributed by atoms with van der Waals surface area (Å²) >= 11 is 6.96. The van der Waals surface area contributed by atoms with Crippen molar-refractivity contribution in [1.29, 1.82) is 0 Å².